The second-order valence-corrected chi connectivity index (χ2v) is 9.43. The Morgan fingerprint density at radius 3 is 2.38 bits per heavy atom. The summed E-state index contributed by atoms with van der Waals surface area (Å²) in [5.74, 6) is -0.128. The Hall–Kier alpha value is -2.45. The molecule has 158 valence electrons. The maximum Gasteiger partial charge on any atom is 0.251 e. The highest BCUT2D eigenvalue weighted by Gasteiger charge is 2.23. The molecule has 0 saturated carbocycles. The van der Waals surface area contributed by atoms with Crippen LogP contribution in [0.5, 0.6) is 5.75 Å². The number of halogens is 1. The molecular formula is C21H27FN2O4S. The van der Waals surface area contributed by atoms with Gasteiger partial charge in [0.2, 0.25) is 10.0 Å². The van der Waals surface area contributed by atoms with E-state index in [4.69, 9.17) is 4.74 Å². The minimum absolute atomic E-state index is 0.0443. The third-order valence-electron chi connectivity index (χ3n) is 3.89. The van der Waals surface area contributed by atoms with E-state index in [0.29, 0.717) is 36.4 Å². The number of carbonyl (C=O) groups excluding carboxylic acids is 1. The van der Waals surface area contributed by atoms with Crippen LogP contribution in [0.2, 0.25) is 0 Å². The van der Waals surface area contributed by atoms with Gasteiger partial charge in [0.05, 0.1) is 11.5 Å². The van der Waals surface area contributed by atoms with E-state index in [1.807, 2.05) is 0 Å². The number of hydrogen-bond donors (Lipinski definition) is 2. The summed E-state index contributed by atoms with van der Waals surface area (Å²) in [7, 11) is -3.73. The van der Waals surface area contributed by atoms with E-state index in [1.165, 1.54) is 36.4 Å². The molecule has 0 heterocycles. The van der Waals surface area contributed by atoms with Gasteiger partial charge in [-0.3, -0.25) is 4.79 Å². The van der Waals surface area contributed by atoms with Gasteiger partial charge in [0.1, 0.15) is 11.6 Å². The number of sulfonamides is 1. The fraction of sp³-hybridized carbons (Fsp3) is 0.381. The molecule has 0 aliphatic carbocycles. The number of carbonyl (C=O) groups is 1. The van der Waals surface area contributed by atoms with Gasteiger partial charge in [0, 0.05) is 17.6 Å². The minimum atomic E-state index is -3.73. The van der Waals surface area contributed by atoms with Crippen LogP contribution in [-0.4, -0.2) is 33.0 Å². The van der Waals surface area contributed by atoms with Crippen LogP contribution in [-0.2, 0) is 10.0 Å². The average Bonchev–Trinajstić information content (AvgIpc) is 2.61. The zero-order valence-corrected chi connectivity index (χ0v) is 17.9. The Kier molecular flexibility index (Phi) is 7.37. The van der Waals surface area contributed by atoms with Crippen LogP contribution < -0.4 is 14.8 Å². The van der Waals surface area contributed by atoms with Crippen LogP contribution >= 0.6 is 0 Å². The van der Waals surface area contributed by atoms with Gasteiger partial charge >= 0.3 is 0 Å². The number of benzene rings is 2. The molecule has 29 heavy (non-hydrogen) atoms. The van der Waals surface area contributed by atoms with Crippen LogP contribution in [0.1, 0.15) is 43.1 Å². The molecule has 0 fully saturated rings. The largest absolute Gasteiger partial charge is 0.494 e. The molecule has 1 amide bonds. The number of amides is 1. The fourth-order valence-corrected chi connectivity index (χ4v) is 4.01. The second-order valence-electron chi connectivity index (χ2n) is 7.74. The standard InChI is InChI=1S/C21H27FN2O4S/c1-15-6-11-18(29(26,27)24-21(2,3)4)14-19(15)20(25)23-12-5-13-28-17-9-7-16(22)8-10-17/h6-11,14,24H,5,12-13H2,1-4H3,(H,23,25). The van der Waals surface area contributed by atoms with E-state index in [-0.39, 0.29) is 16.6 Å². The molecule has 2 aromatic carbocycles. The normalized spacial score (nSPS) is 11.9. The van der Waals surface area contributed by atoms with Crippen molar-refractivity contribution in [3.63, 3.8) is 0 Å². The zero-order valence-electron chi connectivity index (χ0n) is 17.1. The quantitative estimate of drug-likeness (QED) is 0.639. The predicted octanol–water partition coefficient (Wildman–Crippen LogP) is 3.41. The molecule has 6 nitrogen and oxygen atoms in total. The number of rotatable bonds is 8. The lowest BCUT2D eigenvalue weighted by molar-refractivity contribution is 0.0950. The van der Waals surface area contributed by atoms with Crippen molar-refractivity contribution in [3.05, 3.63) is 59.4 Å². The van der Waals surface area contributed by atoms with Gasteiger partial charge in [-0.15, -0.1) is 0 Å². The molecule has 0 saturated heterocycles. The first-order valence-corrected chi connectivity index (χ1v) is 10.8. The highest BCUT2D eigenvalue weighted by Crippen LogP contribution is 2.18. The van der Waals surface area contributed by atoms with Gasteiger partial charge in [0.15, 0.2) is 0 Å². The van der Waals surface area contributed by atoms with E-state index < -0.39 is 15.6 Å². The molecular weight excluding hydrogens is 395 g/mol. The lowest BCUT2D eigenvalue weighted by atomic mass is 10.1. The summed E-state index contributed by atoms with van der Waals surface area (Å²) < 4.78 is 45.9. The Morgan fingerprint density at radius 2 is 1.76 bits per heavy atom. The maximum absolute atomic E-state index is 12.9. The summed E-state index contributed by atoms with van der Waals surface area (Å²) in [4.78, 5) is 12.5. The number of nitrogens with one attached hydrogen (secondary N) is 2. The summed E-state index contributed by atoms with van der Waals surface area (Å²) in [6.07, 6.45) is 0.547. The first kappa shape index (κ1) is 22.8. The van der Waals surface area contributed by atoms with Gasteiger partial charge < -0.3 is 10.1 Å². The number of ether oxygens (including phenoxy) is 1. The van der Waals surface area contributed by atoms with E-state index in [0.717, 1.165) is 0 Å². The van der Waals surface area contributed by atoms with Crippen LogP contribution in [0.3, 0.4) is 0 Å². The van der Waals surface area contributed by atoms with E-state index in [2.05, 4.69) is 10.0 Å². The lowest BCUT2D eigenvalue weighted by Gasteiger charge is -2.20. The minimum Gasteiger partial charge on any atom is -0.494 e. The van der Waals surface area contributed by atoms with Crippen molar-refractivity contribution in [1.82, 2.24) is 10.0 Å². The molecule has 0 spiro atoms. The first-order chi connectivity index (χ1) is 13.5. The Labute approximate surface area is 171 Å². The van der Waals surface area contributed by atoms with Crippen molar-refractivity contribution >= 4 is 15.9 Å². The molecule has 0 bridgehead atoms. The van der Waals surface area contributed by atoms with E-state index >= 15 is 0 Å². The summed E-state index contributed by atoms with van der Waals surface area (Å²) in [6.45, 7) is 7.72. The van der Waals surface area contributed by atoms with Crippen molar-refractivity contribution in [1.29, 1.82) is 0 Å². The molecule has 2 N–H and O–H groups in total. The molecule has 0 unspecified atom stereocenters. The van der Waals surface area contributed by atoms with E-state index in [9.17, 15) is 17.6 Å². The Morgan fingerprint density at radius 1 is 1.10 bits per heavy atom. The second kappa shape index (κ2) is 9.37. The molecule has 0 aromatic heterocycles. The van der Waals surface area contributed by atoms with Gasteiger partial charge in [-0.25, -0.2) is 17.5 Å². The van der Waals surface area contributed by atoms with Crippen LogP contribution in [0.25, 0.3) is 0 Å². The monoisotopic (exact) mass is 422 g/mol. The molecule has 0 atom stereocenters. The first-order valence-electron chi connectivity index (χ1n) is 9.29. The van der Waals surface area contributed by atoms with Gasteiger partial charge in [-0.05, 0) is 76.1 Å². The molecule has 2 aromatic rings. The molecule has 0 aliphatic heterocycles. The Bertz CT molecular complexity index is 952. The van der Waals surface area contributed by atoms with E-state index in [1.54, 1.807) is 33.8 Å². The summed E-state index contributed by atoms with van der Waals surface area (Å²) >= 11 is 0. The van der Waals surface area contributed by atoms with Crippen LogP contribution in [0.15, 0.2) is 47.4 Å². The molecule has 0 radical (unpaired) electrons. The lowest BCUT2D eigenvalue weighted by Crippen LogP contribution is -2.40. The Balaban J connectivity index is 1.93. The predicted molar refractivity (Wildman–Crippen MR) is 110 cm³/mol. The highest BCUT2D eigenvalue weighted by molar-refractivity contribution is 7.89. The zero-order chi connectivity index (χ0) is 21.7. The van der Waals surface area contributed by atoms with Crippen LogP contribution in [0.4, 0.5) is 4.39 Å². The summed E-state index contributed by atoms with van der Waals surface area (Å²) in [6, 6.07) is 10.2. The summed E-state index contributed by atoms with van der Waals surface area (Å²) in [5, 5.41) is 2.77. The fourth-order valence-electron chi connectivity index (χ4n) is 2.57. The van der Waals surface area contributed by atoms with Crippen molar-refractivity contribution in [2.24, 2.45) is 0 Å². The topological polar surface area (TPSA) is 84.5 Å². The average molecular weight is 423 g/mol. The van der Waals surface area contributed by atoms with Crippen LogP contribution in [0, 0.1) is 12.7 Å². The number of aryl methyl sites for hydroxylation is 1. The molecule has 8 heteroatoms. The smallest absolute Gasteiger partial charge is 0.251 e. The third kappa shape index (κ3) is 7.14. The van der Waals surface area contributed by atoms with Crippen molar-refractivity contribution in [2.75, 3.05) is 13.2 Å². The van der Waals surface area contributed by atoms with Gasteiger partial charge in [-0.2, -0.15) is 0 Å². The molecule has 0 aliphatic rings. The van der Waals surface area contributed by atoms with Crippen molar-refractivity contribution in [3.8, 4) is 5.75 Å². The van der Waals surface area contributed by atoms with Gasteiger partial charge in [0.25, 0.3) is 5.91 Å². The summed E-state index contributed by atoms with van der Waals surface area (Å²) in [5.41, 5.74) is 0.359. The number of hydrogen-bond acceptors (Lipinski definition) is 4. The highest BCUT2D eigenvalue weighted by atomic mass is 32.2. The van der Waals surface area contributed by atoms with Crippen molar-refractivity contribution < 1.29 is 22.3 Å². The SMILES string of the molecule is Cc1ccc(S(=O)(=O)NC(C)(C)C)cc1C(=O)NCCCOc1ccc(F)cc1. The molecule has 2 rings (SSSR count). The maximum atomic E-state index is 12.9. The van der Waals surface area contributed by atoms with Gasteiger partial charge in [-0.1, -0.05) is 6.07 Å². The van der Waals surface area contributed by atoms with Crippen molar-refractivity contribution in [2.45, 2.75) is 44.6 Å². The third-order valence-corrected chi connectivity index (χ3v) is 5.65.